The lowest BCUT2D eigenvalue weighted by Gasteiger charge is -2.23. The Morgan fingerprint density at radius 3 is 2.78 bits per heavy atom. The maximum atomic E-state index is 6.31. The van der Waals surface area contributed by atoms with Gasteiger partial charge in [-0.15, -0.1) is 0 Å². The Morgan fingerprint density at radius 2 is 2.11 bits per heavy atom. The second-order valence-corrected chi connectivity index (χ2v) is 4.55. The molecule has 0 fully saturated rings. The summed E-state index contributed by atoms with van der Waals surface area (Å²) >= 11 is 6.31. The summed E-state index contributed by atoms with van der Waals surface area (Å²) in [6, 6.07) is 6.04. The van der Waals surface area contributed by atoms with E-state index in [0.717, 1.165) is 43.6 Å². The van der Waals surface area contributed by atoms with Crippen molar-refractivity contribution in [2.75, 3.05) is 38.3 Å². The summed E-state index contributed by atoms with van der Waals surface area (Å²) in [5, 5.41) is 4.13. The van der Waals surface area contributed by atoms with Crippen molar-refractivity contribution in [1.82, 2.24) is 5.32 Å². The summed E-state index contributed by atoms with van der Waals surface area (Å²) in [6.07, 6.45) is 0. The van der Waals surface area contributed by atoms with Gasteiger partial charge in [-0.1, -0.05) is 30.7 Å². The molecule has 4 heteroatoms. The Balaban J connectivity index is 2.77. The summed E-state index contributed by atoms with van der Waals surface area (Å²) in [5.74, 6) is 0. The third-order valence-corrected chi connectivity index (χ3v) is 3.10. The highest BCUT2D eigenvalue weighted by Crippen LogP contribution is 2.29. The van der Waals surface area contributed by atoms with E-state index < -0.39 is 0 Å². The number of benzene rings is 1. The lowest BCUT2D eigenvalue weighted by molar-refractivity contribution is 0.154. The van der Waals surface area contributed by atoms with Crippen LogP contribution >= 0.6 is 11.6 Å². The van der Waals surface area contributed by atoms with Crippen molar-refractivity contribution in [3.63, 3.8) is 0 Å². The standard InChI is InChI=1S/C14H23ClN2O/c1-4-16-11-12-7-6-8-13(15)14(12)17(3)9-10-18-5-2/h6-8,16H,4-5,9-11H2,1-3H3. The maximum absolute atomic E-state index is 6.31. The number of nitrogens with zero attached hydrogens (tertiary/aromatic N) is 1. The molecular weight excluding hydrogens is 248 g/mol. The van der Waals surface area contributed by atoms with Crippen LogP contribution in [0.4, 0.5) is 5.69 Å². The highest BCUT2D eigenvalue weighted by Gasteiger charge is 2.11. The largest absolute Gasteiger partial charge is 0.380 e. The number of hydrogen-bond donors (Lipinski definition) is 1. The second-order valence-electron chi connectivity index (χ2n) is 4.15. The third kappa shape index (κ3) is 4.48. The van der Waals surface area contributed by atoms with Crippen LogP contribution in [0.2, 0.25) is 5.02 Å². The van der Waals surface area contributed by atoms with E-state index in [2.05, 4.69) is 30.3 Å². The number of hydrogen-bond acceptors (Lipinski definition) is 3. The molecule has 0 aliphatic heterocycles. The summed E-state index contributed by atoms with van der Waals surface area (Å²) in [4.78, 5) is 2.16. The number of likely N-dealkylation sites (N-methyl/N-ethyl adjacent to an activating group) is 1. The predicted molar refractivity (Wildman–Crippen MR) is 78.6 cm³/mol. The van der Waals surface area contributed by atoms with Crippen molar-refractivity contribution >= 4 is 17.3 Å². The molecule has 1 aromatic rings. The first kappa shape index (κ1) is 15.3. The van der Waals surface area contributed by atoms with Crippen LogP contribution in [0.1, 0.15) is 19.4 Å². The zero-order chi connectivity index (χ0) is 13.4. The average Bonchev–Trinajstić information content (AvgIpc) is 2.36. The molecule has 1 rings (SSSR count). The average molecular weight is 271 g/mol. The molecule has 1 aromatic carbocycles. The first-order valence-corrected chi connectivity index (χ1v) is 6.85. The fourth-order valence-electron chi connectivity index (χ4n) is 1.85. The Hall–Kier alpha value is -0.770. The number of para-hydroxylation sites is 1. The van der Waals surface area contributed by atoms with Gasteiger partial charge in [-0.2, -0.15) is 0 Å². The molecule has 0 aliphatic rings. The van der Waals surface area contributed by atoms with Gasteiger partial charge in [0.25, 0.3) is 0 Å². The SMILES string of the molecule is CCNCc1cccc(Cl)c1N(C)CCOCC. The van der Waals surface area contributed by atoms with E-state index in [4.69, 9.17) is 16.3 Å². The zero-order valence-corrected chi connectivity index (χ0v) is 12.3. The van der Waals surface area contributed by atoms with Gasteiger partial charge in [-0.25, -0.2) is 0 Å². The van der Waals surface area contributed by atoms with Gasteiger partial charge in [-0.05, 0) is 25.1 Å². The molecule has 0 spiro atoms. The summed E-state index contributed by atoms with van der Waals surface area (Å²) in [7, 11) is 2.05. The van der Waals surface area contributed by atoms with Crippen molar-refractivity contribution in [2.45, 2.75) is 20.4 Å². The molecule has 0 atom stereocenters. The van der Waals surface area contributed by atoms with Gasteiger partial charge >= 0.3 is 0 Å². The molecule has 0 heterocycles. The van der Waals surface area contributed by atoms with Crippen LogP contribution in [0.3, 0.4) is 0 Å². The van der Waals surface area contributed by atoms with E-state index in [1.165, 1.54) is 5.56 Å². The van der Waals surface area contributed by atoms with Crippen LogP contribution in [0.5, 0.6) is 0 Å². The van der Waals surface area contributed by atoms with Crippen LogP contribution in [0, 0.1) is 0 Å². The van der Waals surface area contributed by atoms with Crippen LogP contribution < -0.4 is 10.2 Å². The molecule has 102 valence electrons. The minimum atomic E-state index is 0.721. The van der Waals surface area contributed by atoms with Gasteiger partial charge in [-0.3, -0.25) is 0 Å². The molecule has 0 amide bonds. The number of nitrogens with one attached hydrogen (secondary N) is 1. The van der Waals surface area contributed by atoms with E-state index >= 15 is 0 Å². The molecule has 1 N–H and O–H groups in total. The van der Waals surface area contributed by atoms with E-state index in [1.54, 1.807) is 0 Å². The smallest absolute Gasteiger partial charge is 0.0642 e. The number of anilines is 1. The van der Waals surface area contributed by atoms with Gasteiger partial charge in [0.2, 0.25) is 0 Å². The molecule has 0 radical (unpaired) electrons. The van der Waals surface area contributed by atoms with Gasteiger partial charge in [0.1, 0.15) is 0 Å². The van der Waals surface area contributed by atoms with Crippen molar-refractivity contribution in [3.05, 3.63) is 28.8 Å². The summed E-state index contributed by atoms with van der Waals surface area (Å²) in [5.41, 5.74) is 2.32. The zero-order valence-electron chi connectivity index (χ0n) is 11.5. The Morgan fingerprint density at radius 1 is 1.33 bits per heavy atom. The Bertz CT molecular complexity index is 358. The molecule has 0 bridgehead atoms. The van der Waals surface area contributed by atoms with Gasteiger partial charge in [0.05, 0.1) is 17.3 Å². The van der Waals surface area contributed by atoms with Crippen LogP contribution in [-0.4, -0.2) is 33.4 Å². The second kappa shape index (κ2) is 8.35. The number of rotatable bonds is 8. The first-order chi connectivity index (χ1) is 8.70. The number of ether oxygens (including phenoxy) is 1. The lowest BCUT2D eigenvalue weighted by atomic mass is 10.1. The fourth-order valence-corrected chi connectivity index (χ4v) is 2.19. The summed E-state index contributed by atoms with van der Waals surface area (Å²) in [6.45, 7) is 8.21. The quantitative estimate of drug-likeness (QED) is 0.735. The van der Waals surface area contributed by atoms with Crippen molar-refractivity contribution in [3.8, 4) is 0 Å². The van der Waals surface area contributed by atoms with Gasteiger partial charge < -0.3 is 15.0 Å². The molecule has 3 nitrogen and oxygen atoms in total. The van der Waals surface area contributed by atoms with Gasteiger partial charge in [0.15, 0.2) is 0 Å². The van der Waals surface area contributed by atoms with E-state index in [-0.39, 0.29) is 0 Å². The van der Waals surface area contributed by atoms with E-state index in [0.29, 0.717) is 0 Å². The minimum Gasteiger partial charge on any atom is -0.380 e. The molecule has 0 saturated carbocycles. The highest BCUT2D eigenvalue weighted by molar-refractivity contribution is 6.33. The monoisotopic (exact) mass is 270 g/mol. The normalized spacial score (nSPS) is 10.7. The third-order valence-electron chi connectivity index (χ3n) is 2.79. The van der Waals surface area contributed by atoms with E-state index in [1.807, 2.05) is 19.1 Å². The van der Waals surface area contributed by atoms with Crippen LogP contribution in [0.25, 0.3) is 0 Å². The van der Waals surface area contributed by atoms with Gasteiger partial charge in [0, 0.05) is 26.7 Å². The molecule has 0 saturated heterocycles. The van der Waals surface area contributed by atoms with Crippen molar-refractivity contribution in [1.29, 1.82) is 0 Å². The Labute approximate surface area is 115 Å². The van der Waals surface area contributed by atoms with Crippen molar-refractivity contribution < 1.29 is 4.74 Å². The maximum Gasteiger partial charge on any atom is 0.0642 e. The highest BCUT2D eigenvalue weighted by atomic mass is 35.5. The first-order valence-electron chi connectivity index (χ1n) is 6.47. The lowest BCUT2D eigenvalue weighted by Crippen LogP contribution is -2.25. The Kier molecular flexibility index (Phi) is 7.09. The molecule has 0 unspecified atom stereocenters. The van der Waals surface area contributed by atoms with Crippen molar-refractivity contribution in [2.24, 2.45) is 0 Å². The summed E-state index contributed by atoms with van der Waals surface area (Å²) < 4.78 is 5.39. The molecule has 18 heavy (non-hydrogen) atoms. The fraction of sp³-hybridized carbons (Fsp3) is 0.571. The topological polar surface area (TPSA) is 24.5 Å². The van der Waals surface area contributed by atoms with E-state index in [9.17, 15) is 0 Å². The molecule has 0 aromatic heterocycles. The predicted octanol–water partition coefficient (Wildman–Crippen LogP) is 2.92. The van der Waals surface area contributed by atoms with Crippen LogP contribution in [-0.2, 0) is 11.3 Å². The molecule has 0 aliphatic carbocycles. The minimum absolute atomic E-state index is 0.721. The number of halogens is 1. The molecular formula is C14H23ClN2O. The van der Waals surface area contributed by atoms with Crippen LogP contribution in [0.15, 0.2) is 18.2 Å².